The third-order valence-corrected chi connectivity index (χ3v) is 5.38. The number of likely N-dealkylation sites (N-methyl/N-ethyl adjacent to an activating group) is 2. The zero-order chi connectivity index (χ0) is 15.2. The zero-order valence-electron chi connectivity index (χ0n) is 14.5. The Labute approximate surface area is 125 Å². The van der Waals surface area contributed by atoms with Gasteiger partial charge in [-0.25, -0.2) is 0 Å². The highest BCUT2D eigenvalue weighted by atomic mass is 16.6. The fourth-order valence-electron chi connectivity index (χ4n) is 2.74. The van der Waals surface area contributed by atoms with Gasteiger partial charge < -0.3 is 18.4 Å². The maximum absolute atomic E-state index is 6.07. The topological polar surface area (TPSA) is 18.5 Å². The predicted octanol–water partition coefficient (Wildman–Crippen LogP) is 1.74. The van der Waals surface area contributed by atoms with E-state index in [0.717, 1.165) is 61.4 Å². The third-order valence-electron chi connectivity index (χ3n) is 5.38. The summed E-state index contributed by atoms with van der Waals surface area (Å²) < 4.78 is 14.3. The first kappa shape index (κ1) is 17.9. The Morgan fingerprint density at radius 2 is 1.00 bits per heavy atom. The van der Waals surface area contributed by atoms with Gasteiger partial charge in [0.1, 0.15) is 25.3 Å². The van der Waals surface area contributed by atoms with Crippen molar-refractivity contribution in [3.8, 4) is 0 Å². The smallest absolute Gasteiger partial charge is 0.130 e. The van der Waals surface area contributed by atoms with Crippen LogP contribution >= 0.6 is 0 Å². The lowest BCUT2D eigenvalue weighted by atomic mass is 10.2. The molecule has 1 saturated heterocycles. The Balaban J connectivity index is 2.40. The molecule has 1 rings (SSSR count). The summed E-state index contributed by atoms with van der Waals surface area (Å²) in [6.45, 7) is 17.3. The van der Waals surface area contributed by atoms with Gasteiger partial charge in [-0.15, -0.1) is 0 Å². The quantitative estimate of drug-likeness (QED) is 0.634. The van der Waals surface area contributed by atoms with Crippen molar-refractivity contribution >= 4 is 0 Å². The van der Waals surface area contributed by atoms with Crippen molar-refractivity contribution in [1.29, 1.82) is 0 Å². The second kappa shape index (κ2) is 7.74. The lowest BCUT2D eigenvalue weighted by molar-refractivity contribution is -0.912. The minimum absolute atomic E-state index is 0.262. The van der Waals surface area contributed by atoms with Gasteiger partial charge in [-0.1, -0.05) is 0 Å². The molecule has 1 aliphatic heterocycles. The van der Waals surface area contributed by atoms with Crippen molar-refractivity contribution in [2.45, 2.75) is 39.9 Å². The molecular weight excluding hydrogens is 252 g/mol. The lowest BCUT2D eigenvalue weighted by Gasteiger charge is -2.40. The Bertz CT molecular complexity index is 240. The predicted molar refractivity (Wildman–Crippen MR) is 83.7 cm³/mol. The summed E-state index contributed by atoms with van der Waals surface area (Å²) in [5.74, 6) is 0. The Kier molecular flexibility index (Phi) is 6.92. The van der Waals surface area contributed by atoms with Crippen LogP contribution < -0.4 is 0 Å². The van der Waals surface area contributed by atoms with Gasteiger partial charge in [-0.05, 0) is 27.7 Å². The molecule has 0 aliphatic carbocycles. The van der Waals surface area contributed by atoms with Crippen molar-refractivity contribution in [3.05, 3.63) is 0 Å². The summed E-state index contributed by atoms with van der Waals surface area (Å²) in [4.78, 5) is 0. The van der Waals surface area contributed by atoms with Gasteiger partial charge >= 0.3 is 0 Å². The number of hydrogen-bond acceptors (Lipinski definition) is 2. The summed E-state index contributed by atoms with van der Waals surface area (Å²) in [7, 11) is 4.61. The molecule has 120 valence electrons. The van der Waals surface area contributed by atoms with Gasteiger partial charge in [0.25, 0.3) is 0 Å². The molecule has 0 amide bonds. The van der Waals surface area contributed by atoms with Crippen LogP contribution in [0.5, 0.6) is 0 Å². The van der Waals surface area contributed by atoms with Gasteiger partial charge in [0.2, 0.25) is 0 Å². The molecule has 0 aromatic rings. The third kappa shape index (κ3) is 4.99. The fraction of sp³-hybridized carbons (Fsp3) is 1.00. The minimum Gasteiger partial charge on any atom is -0.367 e. The van der Waals surface area contributed by atoms with Gasteiger partial charge in [-0.3, -0.25) is 0 Å². The van der Waals surface area contributed by atoms with Crippen molar-refractivity contribution in [1.82, 2.24) is 0 Å². The fourth-order valence-corrected chi connectivity index (χ4v) is 2.74. The molecule has 2 unspecified atom stereocenters. The Hall–Kier alpha value is -0.160. The Morgan fingerprint density at radius 3 is 1.20 bits per heavy atom. The molecule has 1 fully saturated rings. The molecule has 0 bridgehead atoms. The molecule has 2 atom stereocenters. The standard InChI is InChI=1S/C16H36N2O2/c1-7-17(5,8-2)11-15-13-20-16(14-19-15)12-18(6,9-3)10-4/h15-16H,7-14H2,1-6H3/q+2. The average molecular weight is 288 g/mol. The first-order valence-electron chi connectivity index (χ1n) is 8.30. The summed E-state index contributed by atoms with van der Waals surface area (Å²) >= 11 is 0. The summed E-state index contributed by atoms with van der Waals surface area (Å²) in [6, 6.07) is 0. The molecule has 0 radical (unpaired) electrons. The van der Waals surface area contributed by atoms with E-state index in [9.17, 15) is 0 Å². The van der Waals surface area contributed by atoms with Crippen LogP contribution in [0.3, 0.4) is 0 Å². The lowest BCUT2D eigenvalue weighted by Crippen LogP contribution is -2.55. The summed E-state index contributed by atoms with van der Waals surface area (Å²) in [6.07, 6.45) is 0.524. The van der Waals surface area contributed by atoms with Crippen molar-refractivity contribution in [3.63, 3.8) is 0 Å². The van der Waals surface area contributed by atoms with E-state index in [1.54, 1.807) is 0 Å². The maximum atomic E-state index is 6.07. The van der Waals surface area contributed by atoms with Crippen LogP contribution in [0.2, 0.25) is 0 Å². The summed E-state index contributed by atoms with van der Waals surface area (Å²) in [5, 5.41) is 0. The Morgan fingerprint density at radius 1 is 0.700 bits per heavy atom. The van der Waals surface area contributed by atoms with E-state index in [-0.39, 0.29) is 12.2 Å². The van der Waals surface area contributed by atoms with E-state index in [1.165, 1.54) is 0 Å². The first-order valence-corrected chi connectivity index (χ1v) is 8.30. The first-order chi connectivity index (χ1) is 9.40. The highest BCUT2D eigenvalue weighted by Gasteiger charge is 2.32. The number of ether oxygens (including phenoxy) is 2. The molecule has 1 aliphatic rings. The van der Waals surface area contributed by atoms with Crippen LogP contribution in [0, 0.1) is 0 Å². The molecule has 0 aromatic heterocycles. The van der Waals surface area contributed by atoms with Gasteiger partial charge in [0.05, 0.1) is 53.5 Å². The monoisotopic (exact) mass is 288 g/mol. The SMILES string of the molecule is CC[N+](C)(CC)CC1COC(C[N+](C)(CC)CC)CO1. The molecule has 0 spiro atoms. The second-order valence-corrected chi connectivity index (χ2v) is 6.78. The largest absolute Gasteiger partial charge is 0.367 e. The van der Waals surface area contributed by atoms with Crippen LogP contribution in [0.25, 0.3) is 0 Å². The number of quaternary nitrogens is 2. The molecule has 0 saturated carbocycles. The minimum atomic E-state index is 0.262. The van der Waals surface area contributed by atoms with E-state index in [2.05, 4.69) is 41.8 Å². The van der Waals surface area contributed by atoms with Crippen LogP contribution in [-0.2, 0) is 9.47 Å². The van der Waals surface area contributed by atoms with E-state index in [1.807, 2.05) is 0 Å². The van der Waals surface area contributed by atoms with E-state index in [4.69, 9.17) is 9.47 Å². The number of hydrogen-bond donors (Lipinski definition) is 0. The highest BCUT2D eigenvalue weighted by molar-refractivity contribution is 4.68. The molecule has 4 nitrogen and oxygen atoms in total. The summed E-state index contributed by atoms with van der Waals surface area (Å²) in [5.41, 5.74) is 0. The van der Waals surface area contributed by atoms with Crippen molar-refractivity contribution in [2.24, 2.45) is 0 Å². The zero-order valence-corrected chi connectivity index (χ0v) is 14.5. The number of rotatable bonds is 8. The van der Waals surface area contributed by atoms with Crippen molar-refractivity contribution in [2.75, 3.05) is 66.6 Å². The highest BCUT2D eigenvalue weighted by Crippen LogP contribution is 2.15. The average Bonchev–Trinajstić information content (AvgIpc) is 2.49. The normalized spacial score (nSPS) is 24.9. The van der Waals surface area contributed by atoms with E-state index >= 15 is 0 Å². The molecule has 1 heterocycles. The van der Waals surface area contributed by atoms with Gasteiger partial charge in [0, 0.05) is 0 Å². The molecule has 0 aromatic carbocycles. The van der Waals surface area contributed by atoms with Gasteiger partial charge in [-0.2, -0.15) is 0 Å². The van der Waals surface area contributed by atoms with Crippen LogP contribution in [0.4, 0.5) is 0 Å². The molecule has 0 N–H and O–H groups in total. The van der Waals surface area contributed by atoms with E-state index in [0.29, 0.717) is 0 Å². The molecular formula is C16H36N2O2+2. The van der Waals surface area contributed by atoms with Gasteiger partial charge in [0.15, 0.2) is 0 Å². The maximum Gasteiger partial charge on any atom is 0.130 e. The van der Waals surface area contributed by atoms with Crippen LogP contribution in [0.1, 0.15) is 27.7 Å². The number of nitrogens with zero attached hydrogens (tertiary/aromatic N) is 2. The van der Waals surface area contributed by atoms with Crippen LogP contribution in [-0.4, -0.2) is 87.8 Å². The second-order valence-electron chi connectivity index (χ2n) is 6.78. The van der Waals surface area contributed by atoms with Crippen molar-refractivity contribution < 1.29 is 18.4 Å². The van der Waals surface area contributed by atoms with E-state index < -0.39 is 0 Å². The molecule has 20 heavy (non-hydrogen) atoms. The van der Waals surface area contributed by atoms with Crippen LogP contribution in [0.15, 0.2) is 0 Å². The molecule has 4 heteroatoms.